The van der Waals surface area contributed by atoms with E-state index in [1.807, 2.05) is 22.4 Å². The summed E-state index contributed by atoms with van der Waals surface area (Å²) in [5.41, 5.74) is 3.35. The Hall–Kier alpha value is -2.47. The van der Waals surface area contributed by atoms with Crippen molar-refractivity contribution in [1.29, 1.82) is 0 Å². The van der Waals surface area contributed by atoms with Crippen LogP contribution in [0.3, 0.4) is 0 Å². The van der Waals surface area contributed by atoms with Gasteiger partial charge in [-0.15, -0.1) is 11.3 Å². The number of thiophene rings is 1. The molecule has 0 bridgehead atoms. The highest BCUT2D eigenvalue weighted by atomic mass is 32.1. The van der Waals surface area contributed by atoms with Crippen LogP contribution < -0.4 is 4.90 Å². The van der Waals surface area contributed by atoms with E-state index in [1.54, 1.807) is 11.3 Å². The average Bonchev–Trinajstić information content (AvgIpc) is 3.32. The zero-order valence-corrected chi connectivity index (χ0v) is 15.0. The highest BCUT2D eigenvalue weighted by Gasteiger charge is 2.34. The number of hydrogen-bond acceptors (Lipinski definition) is 5. The van der Waals surface area contributed by atoms with E-state index in [2.05, 4.69) is 42.2 Å². The Bertz CT molecular complexity index is 901. The fourth-order valence-corrected chi connectivity index (χ4v) is 3.79. The minimum Gasteiger partial charge on any atom is -0.339 e. The molecule has 3 aromatic rings. The van der Waals surface area contributed by atoms with Crippen LogP contribution >= 0.6 is 11.3 Å². The van der Waals surface area contributed by atoms with Gasteiger partial charge in [0, 0.05) is 29.4 Å². The molecule has 1 aliphatic heterocycles. The molecule has 1 fully saturated rings. The molecule has 1 unspecified atom stereocenters. The summed E-state index contributed by atoms with van der Waals surface area (Å²) < 4.78 is 5.38. The van der Waals surface area contributed by atoms with Crippen molar-refractivity contribution in [3.05, 3.63) is 63.4 Å². The molecular formula is C19H19N3O2S. The van der Waals surface area contributed by atoms with Crippen LogP contribution in [0.5, 0.6) is 0 Å². The molecule has 128 valence electrons. The maximum Gasteiger partial charge on any atom is 0.231 e. The van der Waals surface area contributed by atoms with Crippen molar-refractivity contribution in [2.45, 2.75) is 32.6 Å². The summed E-state index contributed by atoms with van der Waals surface area (Å²) in [6.07, 6.45) is 1.07. The SMILES string of the molecule is Cc1ccc(N2CC(c3noc(Cc4cccs4)n3)CC2=O)cc1C. The van der Waals surface area contributed by atoms with Gasteiger partial charge in [-0.25, -0.2) is 0 Å². The van der Waals surface area contributed by atoms with Gasteiger partial charge in [-0.1, -0.05) is 17.3 Å². The number of aromatic nitrogens is 2. The van der Waals surface area contributed by atoms with Gasteiger partial charge in [0.25, 0.3) is 0 Å². The Labute approximate surface area is 150 Å². The molecule has 25 heavy (non-hydrogen) atoms. The van der Waals surface area contributed by atoms with Crippen molar-refractivity contribution in [1.82, 2.24) is 10.1 Å². The first-order valence-corrected chi connectivity index (χ1v) is 9.20. The normalized spacial score (nSPS) is 17.4. The molecule has 0 spiro atoms. The zero-order chi connectivity index (χ0) is 17.4. The minimum atomic E-state index is -0.0186. The van der Waals surface area contributed by atoms with Crippen LogP contribution in [0.4, 0.5) is 5.69 Å². The van der Waals surface area contributed by atoms with Crippen molar-refractivity contribution in [2.24, 2.45) is 0 Å². The third kappa shape index (κ3) is 3.22. The predicted molar refractivity (Wildman–Crippen MR) is 97.1 cm³/mol. The Morgan fingerprint density at radius 1 is 1.28 bits per heavy atom. The summed E-state index contributed by atoms with van der Waals surface area (Å²) >= 11 is 1.67. The summed E-state index contributed by atoms with van der Waals surface area (Å²) in [5, 5.41) is 6.14. The molecule has 1 saturated heterocycles. The number of nitrogens with zero attached hydrogens (tertiary/aromatic N) is 3. The number of aryl methyl sites for hydroxylation is 2. The molecule has 1 aliphatic rings. The van der Waals surface area contributed by atoms with Gasteiger partial charge in [-0.2, -0.15) is 4.98 Å². The number of amides is 1. The van der Waals surface area contributed by atoms with Gasteiger partial charge in [0.1, 0.15) is 0 Å². The van der Waals surface area contributed by atoms with Crippen LogP contribution in [0.1, 0.15) is 40.1 Å². The maximum absolute atomic E-state index is 12.5. The summed E-state index contributed by atoms with van der Waals surface area (Å²) in [7, 11) is 0. The highest BCUT2D eigenvalue weighted by Crippen LogP contribution is 2.31. The topological polar surface area (TPSA) is 59.2 Å². The largest absolute Gasteiger partial charge is 0.339 e. The third-order valence-corrected chi connectivity index (χ3v) is 5.56. The molecule has 0 saturated carbocycles. The van der Waals surface area contributed by atoms with Gasteiger partial charge in [0.05, 0.1) is 6.42 Å². The van der Waals surface area contributed by atoms with Crippen molar-refractivity contribution in [3.8, 4) is 0 Å². The van der Waals surface area contributed by atoms with Crippen molar-refractivity contribution < 1.29 is 9.32 Å². The smallest absolute Gasteiger partial charge is 0.231 e. The van der Waals surface area contributed by atoms with E-state index in [0.29, 0.717) is 31.1 Å². The van der Waals surface area contributed by atoms with Crippen molar-refractivity contribution in [2.75, 3.05) is 11.4 Å². The molecular weight excluding hydrogens is 334 g/mol. The second kappa shape index (κ2) is 6.44. The average molecular weight is 353 g/mol. The second-order valence-electron chi connectivity index (χ2n) is 6.48. The quantitative estimate of drug-likeness (QED) is 0.715. The monoisotopic (exact) mass is 353 g/mol. The Morgan fingerprint density at radius 2 is 2.16 bits per heavy atom. The third-order valence-electron chi connectivity index (χ3n) is 4.68. The molecule has 2 aromatic heterocycles. The van der Waals surface area contributed by atoms with Gasteiger partial charge in [0.15, 0.2) is 5.82 Å². The lowest BCUT2D eigenvalue weighted by atomic mass is 10.1. The number of benzene rings is 1. The molecule has 0 radical (unpaired) electrons. The van der Waals surface area contributed by atoms with E-state index >= 15 is 0 Å². The molecule has 1 atom stereocenters. The summed E-state index contributed by atoms with van der Waals surface area (Å²) in [6, 6.07) is 10.2. The molecule has 4 rings (SSSR count). The van der Waals surface area contributed by atoms with E-state index in [0.717, 1.165) is 5.69 Å². The fourth-order valence-electron chi connectivity index (χ4n) is 3.09. The van der Waals surface area contributed by atoms with Crippen LogP contribution in [0, 0.1) is 13.8 Å². The van der Waals surface area contributed by atoms with E-state index in [1.165, 1.54) is 16.0 Å². The van der Waals surface area contributed by atoms with E-state index in [4.69, 9.17) is 4.52 Å². The van der Waals surface area contributed by atoms with Gasteiger partial charge >= 0.3 is 0 Å². The first-order chi connectivity index (χ1) is 12.1. The first-order valence-electron chi connectivity index (χ1n) is 8.32. The minimum absolute atomic E-state index is 0.0186. The zero-order valence-electron chi connectivity index (χ0n) is 14.2. The van der Waals surface area contributed by atoms with Crippen LogP contribution in [0.2, 0.25) is 0 Å². The van der Waals surface area contributed by atoms with Gasteiger partial charge < -0.3 is 9.42 Å². The van der Waals surface area contributed by atoms with E-state index in [9.17, 15) is 4.79 Å². The number of anilines is 1. The van der Waals surface area contributed by atoms with E-state index in [-0.39, 0.29) is 11.8 Å². The van der Waals surface area contributed by atoms with Crippen LogP contribution in [0.25, 0.3) is 0 Å². The number of rotatable bonds is 4. The molecule has 3 heterocycles. The molecule has 1 amide bonds. The molecule has 6 heteroatoms. The number of carbonyl (C=O) groups is 1. The molecule has 0 aliphatic carbocycles. The maximum atomic E-state index is 12.5. The van der Waals surface area contributed by atoms with Crippen molar-refractivity contribution in [3.63, 3.8) is 0 Å². The van der Waals surface area contributed by atoms with Gasteiger partial charge in [0.2, 0.25) is 11.8 Å². The Balaban J connectivity index is 1.50. The van der Waals surface area contributed by atoms with Crippen LogP contribution in [0.15, 0.2) is 40.2 Å². The highest BCUT2D eigenvalue weighted by molar-refractivity contribution is 7.09. The lowest BCUT2D eigenvalue weighted by Gasteiger charge is -2.17. The standard InChI is InChI=1S/C19H19N3O2S/c1-12-5-6-15(8-13(12)2)22-11-14(9-18(22)23)19-20-17(24-21-19)10-16-4-3-7-25-16/h3-8,14H,9-11H2,1-2H3. The molecule has 1 aromatic carbocycles. The summed E-state index contributed by atoms with van der Waals surface area (Å²) in [5.74, 6) is 1.33. The van der Waals surface area contributed by atoms with Crippen LogP contribution in [-0.4, -0.2) is 22.6 Å². The number of carbonyl (C=O) groups excluding carboxylic acids is 1. The lowest BCUT2D eigenvalue weighted by Crippen LogP contribution is -2.24. The summed E-state index contributed by atoms with van der Waals surface area (Å²) in [4.78, 5) is 20.0. The fraction of sp³-hybridized carbons (Fsp3) is 0.316. The number of hydrogen-bond donors (Lipinski definition) is 0. The first kappa shape index (κ1) is 16.0. The van der Waals surface area contributed by atoms with Crippen LogP contribution in [-0.2, 0) is 11.2 Å². The van der Waals surface area contributed by atoms with Gasteiger partial charge in [-0.05, 0) is 48.6 Å². The Morgan fingerprint density at radius 3 is 2.92 bits per heavy atom. The molecule has 5 nitrogen and oxygen atoms in total. The van der Waals surface area contributed by atoms with Gasteiger partial charge in [-0.3, -0.25) is 4.79 Å². The lowest BCUT2D eigenvalue weighted by molar-refractivity contribution is -0.117. The van der Waals surface area contributed by atoms with Crippen molar-refractivity contribution >= 4 is 22.9 Å². The second-order valence-corrected chi connectivity index (χ2v) is 7.51. The van der Waals surface area contributed by atoms with E-state index < -0.39 is 0 Å². The Kier molecular flexibility index (Phi) is 4.13. The molecule has 0 N–H and O–H groups in total. The summed E-state index contributed by atoms with van der Waals surface area (Å²) in [6.45, 7) is 4.73. The predicted octanol–water partition coefficient (Wildman–Crippen LogP) is 3.86.